The van der Waals surface area contributed by atoms with E-state index in [1.807, 2.05) is 0 Å². The molecule has 1 heterocycles. The molecule has 8 heteroatoms. The van der Waals surface area contributed by atoms with Gasteiger partial charge in [-0.05, 0) is 6.07 Å². The van der Waals surface area contributed by atoms with E-state index in [9.17, 15) is 13.2 Å². The van der Waals surface area contributed by atoms with Gasteiger partial charge in [0.2, 0.25) is 10.0 Å². The van der Waals surface area contributed by atoms with Gasteiger partial charge >= 0.3 is 0 Å². The van der Waals surface area contributed by atoms with E-state index >= 15 is 0 Å². The fraction of sp³-hybridized carbons (Fsp3) is 0.333. The molecule has 0 aromatic carbocycles. The molecule has 0 bridgehead atoms. The first-order valence-corrected chi connectivity index (χ1v) is 6.27. The summed E-state index contributed by atoms with van der Waals surface area (Å²) in [5.74, 6) is -0.420. The van der Waals surface area contributed by atoms with E-state index in [0.29, 0.717) is 0 Å². The molecule has 0 unspecified atom stereocenters. The number of carbonyl (C=O) groups excluding carboxylic acids is 1. The summed E-state index contributed by atoms with van der Waals surface area (Å²) >= 11 is 0. The van der Waals surface area contributed by atoms with Crippen molar-refractivity contribution in [2.45, 2.75) is 4.90 Å². The number of nitrogens with one attached hydrogen (secondary N) is 2. The second-order valence-corrected chi connectivity index (χ2v) is 4.88. The third-order valence-corrected chi connectivity index (χ3v) is 3.34. The summed E-state index contributed by atoms with van der Waals surface area (Å²) in [5.41, 5.74) is 0.152. The second kappa shape index (κ2) is 5.71. The minimum atomic E-state index is -3.74. The van der Waals surface area contributed by atoms with E-state index in [0.717, 1.165) is 6.20 Å². The smallest absolute Gasteiger partial charge is 0.252 e. The van der Waals surface area contributed by atoms with Gasteiger partial charge in [-0.25, -0.2) is 13.1 Å². The average Bonchev–Trinajstić information content (AvgIpc) is 2.35. The van der Waals surface area contributed by atoms with E-state index in [-0.39, 0.29) is 23.6 Å². The van der Waals surface area contributed by atoms with Crippen molar-refractivity contribution in [3.05, 3.63) is 24.0 Å². The van der Waals surface area contributed by atoms with Gasteiger partial charge in [-0.1, -0.05) is 0 Å². The van der Waals surface area contributed by atoms with Gasteiger partial charge in [0.25, 0.3) is 5.91 Å². The largest absolute Gasteiger partial charge is 0.395 e. The molecule has 0 atom stereocenters. The maximum absolute atomic E-state index is 11.7. The molecule has 1 rings (SSSR count). The highest BCUT2D eigenvalue weighted by Crippen LogP contribution is 2.09. The molecule has 7 nitrogen and oxygen atoms in total. The first kappa shape index (κ1) is 13.6. The lowest BCUT2D eigenvalue weighted by Crippen LogP contribution is -2.27. The Morgan fingerprint density at radius 3 is 2.76 bits per heavy atom. The fourth-order valence-electron chi connectivity index (χ4n) is 1.10. The molecule has 17 heavy (non-hydrogen) atoms. The zero-order valence-electron chi connectivity index (χ0n) is 9.17. The van der Waals surface area contributed by atoms with E-state index < -0.39 is 15.9 Å². The van der Waals surface area contributed by atoms with Crippen molar-refractivity contribution in [3.8, 4) is 0 Å². The van der Waals surface area contributed by atoms with Crippen LogP contribution in [-0.2, 0) is 10.0 Å². The Bertz CT molecular complexity index is 501. The second-order valence-electron chi connectivity index (χ2n) is 3.11. The Morgan fingerprint density at radius 1 is 1.47 bits per heavy atom. The van der Waals surface area contributed by atoms with Crippen molar-refractivity contribution >= 4 is 15.9 Å². The first-order chi connectivity index (χ1) is 8.01. The van der Waals surface area contributed by atoms with Crippen LogP contribution in [0.4, 0.5) is 0 Å². The lowest BCUT2D eigenvalue weighted by Gasteiger charge is -2.06. The van der Waals surface area contributed by atoms with Crippen molar-refractivity contribution in [1.29, 1.82) is 0 Å². The normalized spacial score (nSPS) is 11.2. The molecule has 0 saturated heterocycles. The summed E-state index contributed by atoms with van der Waals surface area (Å²) in [6.45, 7) is -0.395. The molecule has 1 aromatic rings. The van der Waals surface area contributed by atoms with E-state index in [2.05, 4.69) is 15.0 Å². The van der Waals surface area contributed by atoms with Crippen LogP contribution in [0, 0.1) is 0 Å². The number of amides is 1. The predicted octanol–water partition coefficient (Wildman–Crippen LogP) is -1.29. The monoisotopic (exact) mass is 259 g/mol. The van der Waals surface area contributed by atoms with Gasteiger partial charge in [0, 0.05) is 26.0 Å². The van der Waals surface area contributed by atoms with Gasteiger partial charge in [0.1, 0.15) is 4.90 Å². The summed E-state index contributed by atoms with van der Waals surface area (Å²) in [6.07, 6.45) is 2.40. The van der Waals surface area contributed by atoms with Crippen molar-refractivity contribution in [2.24, 2.45) is 0 Å². The number of hydrogen-bond acceptors (Lipinski definition) is 5. The van der Waals surface area contributed by atoms with Crippen molar-refractivity contribution < 1.29 is 18.3 Å². The van der Waals surface area contributed by atoms with Crippen LogP contribution < -0.4 is 10.0 Å². The topological polar surface area (TPSA) is 108 Å². The summed E-state index contributed by atoms with van der Waals surface area (Å²) < 4.78 is 25.5. The van der Waals surface area contributed by atoms with Crippen LogP contribution in [0.3, 0.4) is 0 Å². The summed E-state index contributed by atoms with van der Waals surface area (Å²) in [4.78, 5) is 14.9. The molecule has 94 valence electrons. The Morgan fingerprint density at radius 2 is 2.18 bits per heavy atom. The average molecular weight is 259 g/mol. The Kier molecular flexibility index (Phi) is 4.55. The Balaban J connectivity index is 3.03. The molecule has 0 aliphatic rings. The van der Waals surface area contributed by atoms with E-state index in [1.165, 1.54) is 19.3 Å². The van der Waals surface area contributed by atoms with Crippen LogP contribution in [-0.4, -0.2) is 44.6 Å². The fourth-order valence-corrected chi connectivity index (χ4v) is 2.11. The maximum Gasteiger partial charge on any atom is 0.252 e. The minimum Gasteiger partial charge on any atom is -0.395 e. The first-order valence-electron chi connectivity index (χ1n) is 4.79. The molecule has 1 amide bonds. The van der Waals surface area contributed by atoms with Gasteiger partial charge < -0.3 is 10.4 Å². The lowest BCUT2D eigenvalue weighted by atomic mass is 10.3. The van der Waals surface area contributed by atoms with Gasteiger partial charge in [0.15, 0.2) is 0 Å². The zero-order valence-corrected chi connectivity index (χ0v) is 9.99. The van der Waals surface area contributed by atoms with Gasteiger partial charge in [-0.2, -0.15) is 0 Å². The molecule has 0 radical (unpaired) electrons. The van der Waals surface area contributed by atoms with Gasteiger partial charge in [-0.15, -0.1) is 0 Å². The summed E-state index contributed by atoms with van der Waals surface area (Å²) in [5, 5.41) is 10.9. The third kappa shape index (κ3) is 3.48. The number of aliphatic hydroxyl groups excluding tert-OH is 1. The molecule has 0 saturated carbocycles. The minimum absolute atomic E-state index is 0.0907. The van der Waals surface area contributed by atoms with Gasteiger partial charge in [-0.3, -0.25) is 9.78 Å². The molecule has 0 aliphatic heterocycles. The van der Waals surface area contributed by atoms with Crippen LogP contribution in [0.15, 0.2) is 23.4 Å². The van der Waals surface area contributed by atoms with Crippen molar-refractivity contribution in [3.63, 3.8) is 0 Å². The highest BCUT2D eigenvalue weighted by molar-refractivity contribution is 7.89. The van der Waals surface area contributed by atoms with E-state index in [1.54, 1.807) is 0 Å². The molecule has 0 aliphatic carbocycles. The molecule has 0 fully saturated rings. The summed E-state index contributed by atoms with van der Waals surface area (Å²) in [6, 6.07) is 1.21. The lowest BCUT2D eigenvalue weighted by molar-refractivity contribution is 0.0962. The maximum atomic E-state index is 11.7. The number of pyridine rings is 1. The standard InChI is InChI=1S/C9H13N3O4S/c1-10-9(14)7-4-8(6-11-5-7)17(15,16)12-2-3-13/h4-6,12-13H,2-3H2,1H3,(H,10,14). The van der Waals surface area contributed by atoms with Gasteiger partial charge in [0.05, 0.1) is 12.2 Å². The Hall–Kier alpha value is -1.51. The van der Waals surface area contributed by atoms with Crippen molar-refractivity contribution in [2.75, 3.05) is 20.2 Å². The quantitative estimate of drug-likeness (QED) is 0.610. The molecule has 0 spiro atoms. The molecular formula is C9H13N3O4S. The number of nitrogens with zero attached hydrogens (tertiary/aromatic N) is 1. The number of hydrogen-bond donors (Lipinski definition) is 3. The van der Waals surface area contributed by atoms with E-state index in [4.69, 9.17) is 5.11 Å². The zero-order chi connectivity index (χ0) is 12.9. The SMILES string of the molecule is CNC(=O)c1cncc(S(=O)(=O)NCCO)c1. The van der Waals surface area contributed by atoms with Crippen molar-refractivity contribution in [1.82, 2.24) is 15.0 Å². The molecule has 1 aromatic heterocycles. The molecular weight excluding hydrogens is 246 g/mol. The molecule has 3 N–H and O–H groups in total. The van der Waals surface area contributed by atoms with Crippen LogP contribution in [0.5, 0.6) is 0 Å². The number of aromatic nitrogens is 1. The number of rotatable bonds is 5. The number of sulfonamides is 1. The highest BCUT2D eigenvalue weighted by Gasteiger charge is 2.15. The predicted molar refractivity (Wildman–Crippen MR) is 59.9 cm³/mol. The van der Waals surface area contributed by atoms with Crippen LogP contribution >= 0.6 is 0 Å². The van der Waals surface area contributed by atoms with Crippen LogP contribution in [0.1, 0.15) is 10.4 Å². The van der Waals surface area contributed by atoms with Crippen LogP contribution in [0.25, 0.3) is 0 Å². The third-order valence-electron chi connectivity index (χ3n) is 1.92. The van der Waals surface area contributed by atoms with Crippen LogP contribution in [0.2, 0.25) is 0 Å². The highest BCUT2D eigenvalue weighted by atomic mass is 32.2. The summed E-state index contributed by atoms with van der Waals surface area (Å²) in [7, 11) is -2.30. The number of aliphatic hydroxyl groups is 1. The Labute approximate surface area is 98.9 Å². The number of carbonyl (C=O) groups is 1.